The van der Waals surface area contributed by atoms with Gasteiger partial charge in [-0.25, -0.2) is 9.69 Å². The smallest absolute Gasteiger partial charge is 0.325 e. The van der Waals surface area contributed by atoms with Crippen molar-refractivity contribution >= 4 is 11.9 Å². The Balaban J connectivity index is 1.98. The molecule has 2 aliphatic rings. The molecular weight excluding hydrogens is 254 g/mol. The molecule has 2 aliphatic heterocycles. The molecule has 2 saturated heterocycles. The highest BCUT2D eigenvalue weighted by Gasteiger charge is 2.39. The van der Waals surface area contributed by atoms with E-state index in [4.69, 9.17) is 0 Å². The van der Waals surface area contributed by atoms with Crippen LogP contribution in [0.3, 0.4) is 0 Å². The molecule has 0 saturated carbocycles. The van der Waals surface area contributed by atoms with Crippen molar-refractivity contribution in [2.45, 2.75) is 65.0 Å². The molecule has 0 radical (unpaired) electrons. The lowest BCUT2D eigenvalue weighted by Gasteiger charge is -2.36. The van der Waals surface area contributed by atoms with E-state index in [2.05, 4.69) is 31.0 Å². The van der Waals surface area contributed by atoms with E-state index in [1.54, 1.807) is 0 Å². The number of piperidine rings is 1. The lowest BCUT2D eigenvalue weighted by Crippen LogP contribution is -2.48. The van der Waals surface area contributed by atoms with Crippen molar-refractivity contribution in [3.63, 3.8) is 0 Å². The predicted molar refractivity (Wildman–Crippen MR) is 78.1 cm³/mol. The van der Waals surface area contributed by atoms with Gasteiger partial charge in [-0.3, -0.25) is 9.69 Å². The average Bonchev–Trinajstić information content (AvgIpc) is 2.66. The summed E-state index contributed by atoms with van der Waals surface area (Å²) in [6.07, 6.45) is 5.40. The van der Waals surface area contributed by atoms with Gasteiger partial charge < -0.3 is 5.32 Å². The van der Waals surface area contributed by atoms with E-state index in [-0.39, 0.29) is 18.0 Å². The van der Waals surface area contributed by atoms with Gasteiger partial charge in [0.25, 0.3) is 5.91 Å². The highest BCUT2D eigenvalue weighted by Crippen LogP contribution is 2.21. The van der Waals surface area contributed by atoms with Gasteiger partial charge in [-0.15, -0.1) is 0 Å². The Morgan fingerprint density at radius 3 is 2.70 bits per heavy atom. The first-order valence-corrected chi connectivity index (χ1v) is 7.88. The van der Waals surface area contributed by atoms with Crippen LogP contribution in [0.15, 0.2) is 0 Å². The van der Waals surface area contributed by atoms with Gasteiger partial charge in [0, 0.05) is 12.6 Å². The molecule has 0 aromatic carbocycles. The van der Waals surface area contributed by atoms with Gasteiger partial charge in [0.05, 0.1) is 6.67 Å². The Bertz CT molecular complexity index is 370. The second-order valence-corrected chi connectivity index (χ2v) is 6.41. The maximum atomic E-state index is 12.3. The van der Waals surface area contributed by atoms with Gasteiger partial charge in [-0.05, 0) is 31.6 Å². The molecule has 5 nitrogen and oxygen atoms in total. The summed E-state index contributed by atoms with van der Waals surface area (Å²) in [4.78, 5) is 28.0. The van der Waals surface area contributed by atoms with E-state index in [9.17, 15) is 9.59 Å². The second kappa shape index (κ2) is 6.57. The SMILES string of the molecule is CC[C@H]1CCCCN1CN1C(=O)N[C@H](CC(C)C)C1=O. The van der Waals surface area contributed by atoms with Crippen molar-refractivity contribution in [1.82, 2.24) is 15.1 Å². The highest BCUT2D eigenvalue weighted by molar-refractivity contribution is 6.04. The van der Waals surface area contributed by atoms with Crippen molar-refractivity contribution in [3.05, 3.63) is 0 Å². The number of nitrogens with zero attached hydrogens (tertiary/aromatic N) is 2. The van der Waals surface area contributed by atoms with Crippen molar-refractivity contribution in [1.29, 1.82) is 0 Å². The molecule has 20 heavy (non-hydrogen) atoms. The molecule has 1 N–H and O–H groups in total. The quantitative estimate of drug-likeness (QED) is 0.786. The second-order valence-electron chi connectivity index (χ2n) is 6.41. The van der Waals surface area contributed by atoms with E-state index < -0.39 is 0 Å². The van der Waals surface area contributed by atoms with Gasteiger partial charge in [-0.2, -0.15) is 0 Å². The van der Waals surface area contributed by atoms with E-state index >= 15 is 0 Å². The fourth-order valence-corrected chi connectivity index (χ4v) is 3.23. The maximum absolute atomic E-state index is 12.3. The molecule has 0 unspecified atom stereocenters. The zero-order chi connectivity index (χ0) is 14.7. The maximum Gasteiger partial charge on any atom is 0.325 e. The van der Waals surface area contributed by atoms with E-state index in [0.29, 0.717) is 18.6 Å². The standard InChI is InChI=1S/C15H27N3O2/c1-4-12-7-5-6-8-17(12)10-18-14(19)13(9-11(2)3)16-15(18)20/h11-13H,4-10H2,1-3H3,(H,16,20)/t12-,13+/m0/s1. The molecule has 114 valence electrons. The van der Waals surface area contributed by atoms with Gasteiger partial charge in [0.1, 0.15) is 6.04 Å². The largest absolute Gasteiger partial charge is 0.326 e. The van der Waals surface area contributed by atoms with Crippen LogP contribution in [0.5, 0.6) is 0 Å². The van der Waals surface area contributed by atoms with Crippen LogP contribution in [0.1, 0.15) is 52.9 Å². The summed E-state index contributed by atoms with van der Waals surface area (Å²) in [5, 5.41) is 2.82. The van der Waals surface area contributed by atoms with Crippen molar-refractivity contribution < 1.29 is 9.59 Å². The topological polar surface area (TPSA) is 52.6 Å². The molecule has 0 spiro atoms. The number of hydrogen-bond donors (Lipinski definition) is 1. The molecule has 0 aromatic rings. The lowest BCUT2D eigenvalue weighted by molar-refractivity contribution is -0.129. The molecule has 0 aromatic heterocycles. The summed E-state index contributed by atoms with van der Waals surface area (Å²) in [6.45, 7) is 7.76. The normalized spacial score (nSPS) is 28.3. The van der Waals surface area contributed by atoms with Crippen LogP contribution < -0.4 is 5.32 Å². The summed E-state index contributed by atoms with van der Waals surface area (Å²) in [5.74, 6) is 0.353. The Hall–Kier alpha value is -1.10. The van der Waals surface area contributed by atoms with Crippen molar-refractivity contribution in [2.75, 3.05) is 13.2 Å². The van der Waals surface area contributed by atoms with Crippen molar-refractivity contribution in [2.24, 2.45) is 5.92 Å². The first kappa shape index (κ1) is 15.3. The minimum Gasteiger partial charge on any atom is -0.326 e. The Morgan fingerprint density at radius 1 is 1.30 bits per heavy atom. The molecule has 2 fully saturated rings. The summed E-state index contributed by atoms with van der Waals surface area (Å²) >= 11 is 0. The Labute approximate surface area is 121 Å². The van der Waals surface area contributed by atoms with Crippen molar-refractivity contribution in [3.8, 4) is 0 Å². The summed E-state index contributed by atoms with van der Waals surface area (Å²) in [7, 11) is 0. The number of likely N-dealkylation sites (tertiary alicyclic amines) is 1. The number of carbonyl (C=O) groups excluding carboxylic acids is 2. The molecular formula is C15H27N3O2. The van der Waals surface area contributed by atoms with Crippen LogP contribution >= 0.6 is 0 Å². The first-order valence-electron chi connectivity index (χ1n) is 7.88. The number of imide groups is 1. The summed E-state index contributed by atoms with van der Waals surface area (Å²) < 4.78 is 0. The number of amides is 3. The van der Waals surface area contributed by atoms with Gasteiger partial charge in [0.15, 0.2) is 0 Å². The van der Waals surface area contributed by atoms with E-state index in [0.717, 1.165) is 25.8 Å². The van der Waals surface area contributed by atoms with Crippen LogP contribution in [-0.4, -0.2) is 47.0 Å². The van der Waals surface area contributed by atoms with Gasteiger partial charge in [0.2, 0.25) is 0 Å². The zero-order valence-corrected chi connectivity index (χ0v) is 12.9. The molecule has 2 rings (SSSR count). The molecule has 5 heteroatoms. The molecule has 2 heterocycles. The molecule has 0 bridgehead atoms. The van der Waals surface area contributed by atoms with Crippen LogP contribution in [0, 0.1) is 5.92 Å². The van der Waals surface area contributed by atoms with Gasteiger partial charge >= 0.3 is 6.03 Å². The number of urea groups is 1. The number of hydrogen-bond acceptors (Lipinski definition) is 3. The minimum atomic E-state index is -0.327. The fourth-order valence-electron chi connectivity index (χ4n) is 3.23. The minimum absolute atomic E-state index is 0.0517. The Morgan fingerprint density at radius 2 is 2.05 bits per heavy atom. The van der Waals surface area contributed by atoms with Crippen LogP contribution in [0.2, 0.25) is 0 Å². The predicted octanol–water partition coefficient (Wildman–Crippen LogP) is 2.17. The van der Waals surface area contributed by atoms with Gasteiger partial charge in [-0.1, -0.05) is 27.2 Å². The highest BCUT2D eigenvalue weighted by atomic mass is 16.2. The molecule has 3 amide bonds. The Kier molecular flexibility index (Phi) is 5.02. The molecule has 2 atom stereocenters. The third-order valence-corrected chi connectivity index (χ3v) is 4.36. The van der Waals surface area contributed by atoms with Crippen LogP contribution in [0.25, 0.3) is 0 Å². The van der Waals surface area contributed by atoms with Crippen LogP contribution in [0.4, 0.5) is 4.79 Å². The number of rotatable bonds is 5. The zero-order valence-electron chi connectivity index (χ0n) is 12.9. The third-order valence-electron chi connectivity index (χ3n) is 4.36. The molecule has 0 aliphatic carbocycles. The summed E-state index contributed by atoms with van der Waals surface area (Å²) in [6, 6.07) is -0.0399. The average molecular weight is 281 g/mol. The lowest BCUT2D eigenvalue weighted by atomic mass is 10.0. The van der Waals surface area contributed by atoms with Crippen LogP contribution in [-0.2, 0) is 4.79 Å². The number of nitrogens with one attached hydrogen (secondary N) is 1. The van der Waals surface area contributed by atoms with E-state index in [1.807, 2.05) is 0 Å². The fraction of sp³-hybridized carbons (Fsp3) is 0.867. The summed E-state index contributed by atoms with van der Waals surface area (Å²) in [5.41, 5.74) is 0. The first-order chi connectivity index (χ1) is 9.52. The number of carbonyl (C=O) groups is 2. The van der Waals surface area contributed by atoms with E-state index in [1.165, 1.54) is 17.7 Å². The third kappa shape index (κ3) is 3.32. The monoisotopic (exact) mass is 281 g/mol.